The zero-order valence-electron chi connectivity index (χ0n) is 11.0. The highest BCUT2D eigenvalue weighted by Gasteiger charge is 2.28. The normalized spacial score (nSPS) is 11.2. The molecule has 8 heteroatoms. The summed E-state index contributed by atoms with van der Waals surface area (Å²) < 4.78 is 43.2. The minimum atomic E-state index is -4.73. The SMILES string of the molecule is CN(C)c1ccc(C(=O)OCCOC(F)(F)F)cc1N. The first kappa shape index (κ1) is 16.1. The van der Waals surface area contributed by atoms with E-state index in [0.29, 0.717) is 5.69 Å². The maximum Gasteiger partial charge on any atom is 0.522 e. The molecule has 112 valence electrons. The summed E-state index contributed by atoms with van der Waals surface area (Å²) in [4.78, 5) is 13.3. The molecule has 0 fully saturated rings. The maximum atomic E-state index is 11.7. The van der Waals surface area contributed by atoms with Gasteiger partial charge in [0.1, 0.15) is 6.61 Å². The molecule has 0 bridgehead atoms. The second kappa shape index (κ2) is 6.47. The van der Waals surface area contributed by atoms with Gasteiger partial charge in [-0.1, -0.05) is 0 Å². The van der Waals surface area contributed by atoms with Crippen molar-refractivity contribution in [3.8, 4) is 0 Å². The molecule has 0 amide bonds. The Morgan fingerprint density at radius 2 is 1.95 bits per heavy atom. The predicted molar refractivity (Wildman–Crippen MR) is 67.5 cm³/mol. The summed E-state index contributed by atoms with van der Waals surface area (Å²) in [5.74, 6) is -0.757. The third kappa shape index (κ3) is 4.96. The maximum absolute atomic E-state index is 11.7. The van der Waals surface area contributed by atoms with Crippen LogP contribution in [0.1, 0.15) is 10.4 Å². The zero-order valence-corrected chi connectivity index (χ0v) is 11.0. The summed E-state index contributed by atoms with van der Waals surface area (Å²) in [5.41, 5.74) is 7.01. The molecule has 0 aliphatic rings. The number of benzene rings is 1. The van der Waals surface area contributed by atoms with Crippen LogP contribution in [-0.2, 0) is 9.47 Å². The van der Waals surface area contributed by atoms with E-state index < -0.39 is 25.5 Å². The van der Waals surface area contributed by atoms with Gasteiger partial charge >= 0.3 is 12.3 Å². The van der Waals surface area contributed by atoms with E-state index in [4.69, 9.17) is 5.73 Å². The molecule has 5 nitrogen and oxygen atoms in total. The number of anilines is 2. The molecule has 0 saturated heterocycles. The second-order valence-electron chi connectivity index (χ2n) is 4.10. The Morgan fingerprint density at radius 1 is 1.30 bits per heavy atom. The molecule has 0 heterocycles. The number of halogens is 3. The summed E-state index contributed by atoms with van der Waals surface area (Å²) in [5, 5.41) is 0. The number of hydrogen-bond acceptors (Lipinski definition) is 5. The molecule has 1 aromatic carbocycles. The van der Waals surface area contributed by atoms with Crippen LogP contribution < -0.4 is 10.6 Å². The van der Waals surface area contributed by atoms with Gasteiger partial charge < -0.3 is 15.4 Å². The number of nitrogen functional groups attached to an aromatic ring is 1. The average molecular weight is 292 g/mol. The van der Waals surface area contributed by atoms with Crippen molar-refractivity contribution < 1.29 is 27.4 Å². The molecule has 0 atom stereocenters. The largest absolute Gasteiger partial charge is 0.522 e. The zero-order chi connectivity index (χ0) is 15.3. The van der Waals surface area contributed by atoms with Crippen molar-refractivity contribution >= 4 is 17.3 Å². The molecule has 0 aromatic heterocycles. The van der Waals surface area contributed by atoms with E-state index in [9.17, 15) is 18.0 Å². The van der Waals surface area contributed by atoms with Gasteiger partial charge in [0.05, 0.1) is 23.5 Å². The molecule has 1 aromatic rings. The van der Waals surface area contributed by atoms with Crippen molar-refractivity contribution in [1.82, 2.24) is 0 Å². The molecular weight excluding hydrogens is 277 g/mol. The highest BCUT2D eigenvalue weighted by atomic mass is 19.4. The lowest BCUT2D eigenvalue weighted by atomic mass is 10.1. The topological polar surface area (TPSA) is 64.8 Å². The lowest BCUT2D eigenvalue weighted by Crippen LogP contribution is -2.19. The molecule has 20 heavy (non-hydrogen) atoms. The molecule has 0 unspecified atom stereocenters. The van der Waals surface area contributed by atoms with Gasteiger partial charge in [-0.2, -0.15) is 0 Å². The second-order valence-corrected chi connectivity index (χ2v) is 4.10. The number of alkyl halides is 3. The van der Waals surface area contributed by atoms with Crippen LogP contribution in [-0.4, -0.2) is 39.6 Å². The van der Waals surface area contributed by atoms with E-state index in [1.165, 1.54) is 12.1 Å². The number of ether oxygens (including phenoxy) is 2. The van der Waals surface area contributed by atoms with E-state index in [1.54, 1.807) is 25.1 Å². The Morgan fingerprint density at radius 3 is 2.45 bits per heavy atom. The Kier molecular flexibility index (Phi) is 5.20. The summed E-state index contributed by atoms with van der Waals surface area (Å²) in [7, 11) is 3.58. The third-order valence-corrected chi connectivity index (χ3v) is 2.33. The quantitative estimate of drug-likeness (QED) is 0.511. The minimum absolute atomic E-state index is 0.167. The van der Waals surface area contributed by atoms with E-state index in [-0.39, 0.29) is 5.56 Å². The number of rotatable bonds is 5. The van der Waals surface area contributed by atoms with Gasteiger partial charge in [-0.3, -0.25) is 4.74 Å². The van der Waals surface area contributed by atoms with Crippen LogP contribution in [0.25, 0.3) is 0 Å². The molecule has 1 rings (SSSR count). The fourth-order valence-corrected chi connectivity index (χ4v) is 1.46. The van der Waals surface area contributed by atoms with E-state index in [2.05, 4.69) is 9.47 Å². The van der Waals surface area contributed by atoms with E-state index in [0.717, 1.165) is 5.69 Å². The van der Waals surface area contributed by atoms with Crippen molar-refractivity contribution in [3.05, 3.63) is 23.8 Å². The van der Waals surface area contributed by atoms with Crippen LogP contribution in [0.3, 0.4) is 0 Å². The number of nitrogens with zero attached hydrogens (tertiary/aromatic N) is 1. The lowest BCUT2D eigenvalue weighted by molar-refractivity contribution is -0.326. The van der Waals surface area contributed by atoms with Gasteiger partial charge in [-0.25, -0.2) is 4.79 Å². The van der Waals surface area contributed by atoms with Crippen LogP contribution in [0.15, 0.2) is 18.2 Å². The summed E-state index contributed by atoms with van der Waals surface area (Å²) >= 11 is 0. The van der Waals surface area contributed by atoms with Gasteiger partial charge in [-0.05, 0) is 18.2 Å². The van der Waals surface area contributed by atoms with Crippen molar-refractivity contribution in [2.24, 2.45) is 0 Å². The van der Waals surface area contributed by atoms with Gasteiger partial charge in [0.25, 0.3) is 0 Å². The van der Waals surface area contributed by atoms with Crippen LogP contribution in [0, 0.1) is 0 Å². The molecule has 0 spiro atoms. The Labute approximate surface area is 114 Å². The first-order chi connectivity index (χ1) is 9.20. The standard InChI is InChI=1S/C12H15F3N2O3/c1-17(2)10-4-3-8(7-9(10)16)11(18)19-5-6-20-12(13,14)15/h3-4,7H,5-6,16H2,1-2H3. The molecule has 0 aliphatic heterocycles. The lowest BCUT2D eigenvalue weighted by Gasteiger charge is -2.15. The summed E-state index contributed by atoms with van der Waals surface area (Å²) in [6, 6.07) is 4.51. The van der Waals surface area contributed by atoms with Crippen LogP contribution in [0.5, 0.6) is 0 Å². The smallest absolute Gasteiger partial charge is 0.460 e. The summed E-state index contributed by atoms with van der Waals surface area (Å²) in [6.07, 6.45) is -4.73. The number of nitrogens with two attached hydrogens (primary N) is 1. The minimum Gasteiger partial charge on any atom is -0.460 e. The van der Waals surface area contributed by atoms with E-state index in [1.807, 2.05) is 0 Å². The van der Waals surface area contributed by atoms with Crippen LogP contribution >= 0.6 is 0 Å². The number of carbonyl (C=O) groups excluding carboxylic acids is 1. The number of esters is 1. The molecular formula is C12H15F3N2O3. The van der Waals surface area contributed by atoms with Crippen molar-refractivity contribution in [1.29, 1.82) is 0 Å². The van der Waals surface area contributed by atoms with Gasteiger partial charge in [0, 0.05) is 14.1 Å². The van der Waals surface area contributed by atoms with Crippen molar-refractivity contribution in [3.63, 3.8) is 0 Å². The van der Waals surface area contributed by atoms with Crippen molar-refractivity contribution in [2.45, 2.75) is 6.36 Å². The monoisotopic (exact) mass is 292 g/mol. The van der Waals surface area contributed by atoms with E-state index >= 15 is 0 Å². The van der Waals surface area contributed by atoms with Crippen LogP contribution in [0.4, 0.5) is 24.5 Å². The number of hydrogen-bond donors (Lipinski definition) is 1. The molecule has 0 saturated carbocycles. The predicted octanol–water partition coefficient (Wildman–Crippen LogP) is 2.03. The Bertz CT molecular complexity index is 476. The van der Waals surface area contributed by atoms with Gasteiger partial charge in [0.15, 0.2) is 0 Å². The van der Waals surface area contributed by atoms with Crippen molar-refractivity contribution in [2.75, 3.05) is 37.9 Å². The fourth-order valence-electron chi connectivity index (χ4n) is 1.46. The average Bonchev–Trinajstić information content (AvgIpc) is 2.32. The van der Waals surface area contributed by atoms with Gasteiger partial charge in [0.2, 0.25) is 0 Å². The Balaban J connectivity index is 2.54. The molecule has 0 radical (unpaired) electrons. The first-order valence-electron chi connectivity index (χ1n) is 5.65. The van der Waals surface area contributed by atoms with Crippen LogP contribution in [0.2, 0.25) is 0 Å². The first-order valence-corrected chi connectivity index (χ1v) is 5.65. The highest BCUT2D eigenvalue weighted by molar-refractivity contribution is 5.92. The molecule has 0 aliphatic carbocycles. The fraction of sp³-hybridized carbons (Fsp3) is 0.417. The van der Waals surface area contributed by atoms with Gasteiger partial charge in [-0.15, -0.1) is 13.2 Å². The highest BCUT2D eigenvalue weighted by Crippen LogP contribution is 2.22. The number of carbonyl (C=O) groups is 1. The molecule has 2 N–H and O–H groups in total. The Hall–Kier alpha value is -1.96. The third-order valence-electron chi connectivity index (χ3n) is 2.33. The summed E-state index contributed by atoms with van der Waals surface area (Å²) in [6.45, 7) is -1.24.